The summed E-state index contributed by atoms with van der Waals surface area (Å²) in [6, 6.07) is 12.1. The maximum Gasteiger partial charge on any atom is 0.390 e. The second kappa shape index (κ2) is 6.16. The molecule has 102 valence electrons. The number of benzene rings is 2. The Morgan fingerprint density at radius 2 is 1.80 bits per heavy atom. The number of nitrogen functional groups attached to an aromatic ring is 1. The van der Waals surface area contributed by atoms with Gasteiger partial charge in [-0.1, -0.05) is 28.9 Å². The van der Waals surface area contributed by atoms with Crippen LogP contribution < -0.4 is 10.9 Å². The molecule has 2 aromatic carbocycles. The van der Waals surface area contributed by atoms with E-state index in [1.54, 1.807) is 24.3 Å². The summed E-state index contributed by atoms with van der Waals surface area (Å²) in [6.45, 7) is 0. The van der Waals surface area contributed by atoms with Crippen molar-refractivity contribution in [3.63, 3.8) is 0 Å². The molecule has 2 aromatic rings. The van der Waals surface area contributed by atoms with E-state index in [1.807, 2.05) is 0 Å². The number of carbonyl (C=O) groups is 1. The molecule has 0 fully saturated rings. The normalized spacial score (nSPS) is 11.2. The van der Waals surface area contributed by atoms with E-state index in [2.05, 4.69) is 5.16 Å². The van der Waals surface area contributed by atoms with Crippen LogP contribution in [-0.4, -0.2) is 11.8 Å². The lowest BCUT2D eigenvalue weighted by Crippen LogP contribution is -2.75. The highest BCUT2D eigenvalue weighted by Crippen LogP contribution is 2.08. The molecule has 3 N–H and O–H groups in total. The van der Waals surface area contributed by atoms with Crippen LogP contribution in [0.4, 0.5) is 4.39 Å². The number of nitrogens with one attached hydrogen (secondary N) is 1. The fourth-order valence-corrected chi connectivity index (χ4v) is 1.60. The van der Waals surface area contributed by atoms with E-state index in [0.717, 1.165) is 0 Å². The Bertz CT molecular complexity index is 656. The average Bonchev–Trinajstić information content (AvgIpc) is 2.45. The van der Waals surface area contributed by atoms with Gasteiger partial charge in [-0.2, -0.15) is 0 Å². The molecular weight excluding hydrogens is 283 g/mol. The van der Waals surface area contributed by atoms with Crippen LogP contribution in [-0.2, 0) is 4.84 Å². The smallest absolute Gasteiger partial charge is 0.284 e. The minimum absolute atomic E-state index is 0.117. The van der Waals surface area contributed by atoms with Gasteiger partial charge in [-0.25, -0.2) is 9.18 Å². The number of hydrogen-bond acceptors (Lipinski definition) is 2. The van der Waals surface area contributed by atoms with Crippen molar-refractivity contribution in [1.29, 1.82) is 0 Å². The van der Waals surface area contributed by atoms with E-state index in [1.165, 1.54) is 24.3 Å². The third-order valence-electron chi connectivity index (χ3n) is 2.50. The van der Waals surface area contributed by atoms with Crippen LogP contribution in [0, 0.1) is 5.82 Å². The number of nitrogens with two attached hydrogens (primary N) is 1. The summed E-state index contributed by atoms with van der Waals surface area (Å²) in [6.07, 6.45) is 0. The first-order valence-corrected chi connectivity index (χ1v) is 6.06. The summed E-state index contributed by atoms with van der Waals surface area (Å²) in [4.78, 5) is 16.4. The van der Waals surface area contributed by atoms with Crippen LogP contribution in [0.5, 0.6) is 0 Å². The molecule has 2 rings (SSSR count). The number of hydrogen-bond donors (Lipinski definition) is 2. The van der Waals surface area contributed by atoms with Crippen LogP contribution in [0.25, 0.3) is 0 Å². The standard InChI is InChI=1S/C14H10ClFN2O2/c15-10-7-5-9(6-8-10)13(17)18-20-14(19)11-3-1-2-4-12(11)16/h1-8H,(H2,17,18)/p+1. The molecule has 0 aliphatic carbocycles. The fraction of sp³-hybridized carbons (Fsp3) is 0. The third kappa shape index (κ3) is 3.33. The summed E-state index contributed by atoms with van der Waals surface area (Å²) in [5.74, 6) is -1.41. The first-order chi connectivity index (χ1) is 9.58. The quantitative estimate of drug-likeness (QED) is 0.384. The zero-order valence-corrected chi connectivity index (χ0v) is 11.0. The number of halogens is 2. The van der Waals surface area contributed by atoms with Crippen molar-refractivity contribution in [1.82, 2.24) is 0 Å². The van der Waals surface area contributed by atoms with Crippen molar-refractivity contribution in [2.45, 2.75) is 0 Å². The largest absolute Gasteiger partial charge is 0.390 e. The van der Waals surface area contributed by atoms with Crippen LogP contribution in [0.15, 0.2) is 48.5 Å². The summed E-state index contributed by atoms with van der Waals surface area (Å²) in [7, 11) is 0. The molecule has 0 aromatic heterocycles. The Balaban J connectivity index is 2.11. The molecule has 0 saturated heterocycles. The van der Waals surface area contributed by atoms with Gasteiger partial charge in [0.2, 0.25) is 0 Å². The zero-order valence-electron chi connectivity index (χ0n) is 10.3. The van der Waals surface area contributed by atoms with Crippen molar-refractivity contribution >= 4 is 23.4 Å². The second-order valence-electron chi connectivity index (χ2n) is 3.89. The highest BCUT2D eigenvalue weighted by atomic mass is 35.5. The molecule has 0 atom stereocenters. The molecular formula is C14H11ClFN2O2+. The molecule has 4 nitrogen and oxygen atoms in total. The third-order valence-corrected chi connectivity index (χ3v) is 2.75. The number of rotatable bonds is 3. The van der Waals surface area contributed by atoms with E-state index >= 15 is 0 Å². The lowest BCUT2D eigenvalue weighted by molar-refractivity contribution is -0.721. The van der Waals surface area contributed by atoms with E-state index in [0.29, 0.717) is 10.6 Å². The molecule has 0 radical (unpaired) electrons. The Kier molecular flexibility index (Phi) is 4.32. The second-order valence-corrected chi connectivity index (χ2v) is 4.33. The lowest BCUT2D eigenvalue weighted by Gasteiger charge is -1.99. The molecule has 0 aliphatic rings. The van der Waals surface area contributed by atoms with Crippen LogP contribution in [0.3, 0.4) is 0 Å². The molecule has 0 unspecified atom stereocenters. The summed E-state index contributed by atoms with van der Waals surface area (Å²) in [5, 5.41) is 2.84. The van der Waals surface area contributed by atoms with Crippen LogP contribution in [0.2, 0.25) is 5.02 Å². The zero-order chi connectivity index (χ0) is 14.5. The van der Waals surface area contributed by atoms with E-state index in [9.17, 15) is 9.18 Å². The molecule has 0 aliphatic heterocycles. The van der Waals surface area contributed by atoms with E-state index < -0.39 is 11.8 Å². The van der Waals surface area contributed by atoms with Gasteiger partial charge in [0.1, 0.15) is 11.4 Å². The van der Waals surface area contributed by atoms with Gasteiger partial charge in [0.15, 0.2) is 0 Å². The Labute approximate surface area is 119 Å². The summed E-state index contributed by atoms with van der Waals surface area (Å²) < 4.78 is 13.4. The summed E-state index contributed by atoms with van der Waals surface area (Å²) >= 11 is 5.74. The molecule has 0 bridgehead atoms. The predicted molar refractivity (Wildman–Crippen MR) is 72.5 cm³/mol. The Morgan fingerprint density at radius 1 is 1.15 bits per heavy atom. The van der Waals surface area contributed by atoms with Crippen molar-refractivity contribution in [2.24, 2.45) is 5.73 Å². The van der Waals surface area contributed by atoms with E-state index in [-0.39, 0.29) is 11.4 Å². The highest BCUT2D eigenvalue weighted by molar-refractivity contribution is 6.30. The Morgan fingerprint density at radius 3 is 2.45 bits per heavy atom. The van der Waals surface area contributed by atoms with Gasteiger partial charge in [-0.3, -0.25) is 10.6 Å². The number of amidine groups is 1. The maximum atomic E-state index is 13.4. The van der Waals surface area contributed by atoms with Gasteiger partial charge in [-0.15, -0.1) is 0 Å². The van der Waals surface area contributed by atoms with Gasteiger partial charge < -0.3 is 0 Å². The summed E-state index contributed by atoms with van der Waals surface area (Å²) in [5.41, 5.74) is 6.12. The fourth-order valence-electron chi connectivity index (χ4n) is 1.47. The minimum atomic E-state index is -0.861. The van der Waals surface area contributed by atoms with Crippen LogP contribution in [0.1, 0.15) is 15.9 Å². The van der Waals surface area contributed by atoms with E-state index in [4.69, 9.17) is 22.2 Å². The molecule has 20 heavy (non-hydrogen) atoms. The van der Waals surface area contributed by atoms with Crippen molar-refractivity contribution < 1.29 is 19.2 Å². The highest BCUT2D eigenvalue weighted by Gasteiger charge is 2.14. The molecule has 0 amide bonds. The first kappa shape index (κ1) is 14.0. The van der Waals surface area contributed by atoms with Crippen molar-refractivity contribution in [2.75, 3.05) is 0 Å². The van der Waals surface area contributed by atoms with Gasteiger partial charge in [0, 0.05) is 5.02 Å². The van der Waals surface area contributed by atoms with Gasteiger partial charge in [0.05, 0.1) is 5.56 Å². The topological polar surface area (TPSA) is 66.3 Å². The van der Waals surface area contributed by atoms with Gasteiger partial charge in [-0.05, 0) is 36.4 Å². The molecule has 0 spiro atoms. The average molecular weight is 294 g/mol. The SMILES string of the molecule is NC(=[NH+]OC(=O)c1ccccc1F)c1ccc(Cl)cc1. The van der Waals surface area contributed by atoms with Crippen molar-refractivity contribution in [3.8, 4) is 0 Å². The predicted octanol–water partition coefficient (Wildman–Crippen LogP) is 1.04. The minimum Gasteiger partial charge on any atom is -0.284 e. The monoisotopic (exact) mass is 293 g/mol. The molecule has 0 heterocycles. The lowest BCUT2D eigenvalue weighted by atomic mass is 10.2. The van der Waals surface area contributed by atoms with Crippen molar-refractivity contribution in [3.05, 3.63) is 70.5 Å². The van der Waals surface area contributed by atoms with Gasteiger partial charge >= 0.3 is 11.8 Å². The molecule has 0 saturated carbocycles. The number of carbonyl (C=O) groups excluding carboxylic acids is 1. The first-order valence-electron chi connectivity index (χ1n) is 5.68. The van der Waals surface area contributed by atoms with Crippen LogP contribution >= 0.6 is 11.6 Å². The maximum absolute atomic E-state index is 13.4. The Hall–Kier alpha value is -2.40. The van der Waals surface area contributed by atoms with Gasteiger partial charge in [0.25, 0.3) is 0 Å². The molecule has 6 heteroatoms.